The summed E-state index contributed by atoms with van der Waals surface area (Å²) in [7, 11) is 0. The molecule has 5 heteroatoms. The summed E-state index contributed by atoms with van der Waals surface area (Å²) in [5, 5.41) is 0. The molecular formula is AgO2Zn2. The van der Waals surface area contributed by atoms with Crippen LogP contribution >= 0.6 is 0 Å². The van der Waals surface area contributed by atoms with Gasteiger partial charge in [-0.15, -0.1) is 0 Å². The van der Waals surface area contributed by atoms with Crippen LogP contribution in [0.25, 0.3) is 0 Å². The third-order valence-corrected chi connectivity index (χ3v) is 0. The fraction of sp³-hybridized carbons (Fsp3) is 0. The molecule has 0 bridgehead atoms. The molecule has 0 amide bonds. The van der Waals surface area contributed by atoms with Crippen LogP contribution < -0.4 is 0 Å². The molecular weight excluding hydrogens is 271 g/mol. The van der Waals surface area contributed by atoms with Gasteiger partial charge < -0.3 is 0 Å². The molecule has 0 atom stereocenters. The summed E-state index contributed by atoms with van der Waals surface area (Å²) in [5.41, 5.74) is 0. The molecule has 0 aromatic heterocycles. The summed E-state index contributed by atoms with van der Waals surface area (Å²) < 4.78 is 16.8. The van der Waals surface area contributed by atoms with E-state index in [4.69, 9.17) is 7.15 Å². The monoisotopic (exact) mass is 267 g/mol. The van der Waals surface area contributed by atoms with E-state index in [2.05, 4.69) is 0 Å². The molecule has 0 aromatic carbocycles. The fourth-order valence-electron chi connectivity index (χ4n) is 0. The first-order valence-electron chi connectivity index (χ1n) is 0.577. The fourth-order valence-corrected chi connectivity index (χ4v) is 0. The third kappa shape index (κ3) is 28.5. The molecule has 0 aromatic rings. The van der Waals surface area contributed by atoms with Gasteiger partial charge in [-0.3, -0.25) is 0 Å². The van der Waals surface area contributed by atoms with Crippen molar-refractivity contribution in [3.63, 3.8) is 0 Å². The average molecular weight is 271 g/mol. The normalized spacial score (nSPS) is 2.40. The van der Waals surface area contributed by atoms with E-state index in [1.807, 2.05) is 0 Å². The van der Waals surface area contributed by atoms with E-state index in [9.17, 15) is 0 Å². The minimum atomic E-state index is 0. The van der Waals surface area contributed by atoms with Crippen LogP contribution in [0.3, 0.4) is 0 Å². The van der Waals surface area contributed by atoms with Crippen LogP contribution in [0.2, 0.25) is 0 Å². The topological polar surface area (TPSA) is 34.1 Å². The van der Waals surface area contributed by atoms with Crippen LogP contribution in [0.1, 0.15) is 0 Å². The van der Waals surface area contributed by atoms with Gasteiger partial charge in [0.05, 0.1) is 0 Å². The second-order valence-corrected chi connectivity index (χ2v) is 0. The Hall–Kier alpha value is 1.59. The number of hydrogen-bond acceptors (Lipinski definition) is 2. The van der Waals surface area contributed by atoms with Crippen LogP contribution in [0, 0.1) is 0 Å². The van der Waals surface area contributed by atoms with Crippen molar-refractivity contribution in [3.05, 3.63) is 0 Å². The van der Waals surface area contributed by atoms with Crippen molar-refractivity contribution in [2.24, 2.45) is 0 Å². The van der Waals surface area contributed by atoms with Gasteiger partial charge in [0.2, 0.25) is 0 Å². The van der Waals surface area contributed by atoms with Crippen LogP contribution in [0.15, 0.2) is 0 Å². The SMILES string of the molecule is [Ag].[O]=[Zn].[O]=[Zn]. The zero-order chi connectivity index (χ0) is 4.00. The summed E-state index contributed by atoms with van der Waals surface area (Å²) in [4.78, 5) is 0. The molecule has 0 rings (SSSR count). The van der Waals surface area contributed by atoms with E-state index in [0.29, 0.717) is 0 Å². The van der Waals surface area contributed by atoms with E-state index in [0.717, 1.165) is 0 Å². The van der Waals surface area contributed by atoms with Crippen molar-refractivity contribution >= 4 is 0 Å². The Kier molecular flexibility index (Phi) is 149. The first kappa shape index (κ1) is 16.0. The summed E-state index contributed by atoms with van der Waals surface area (Å²) in [6.45, 7) is 0. The maximum atomic E-state index is 8.38. The molecule has 0 spiro atoms. The molecule has 5 heavy (non-hydrogen) atoms. The maximum absolute atomic E-state index is 8.38. The summed E-state index contributed by atoms with van der Waals surface area (Å²) in [6.07, 6.45) is 0. The molecule has 0 aliphatic carbocycles. The van der Waals surface area contributed by atoms with Gasteiger partial charge in [-0.2, -0.15) is 0 Å². The molecule has 0 aliphatic heterocycles. The quantitative estimate of drug-likeness (QED) is 0.569. The van der Waals surface area contributed by atoms with E-state index in [1.165, 1.54) is 0 Å². The van der Waals surface area contributed by atoms with E-state index < -0.39 is 0 Å². The molecule has 0 N–H and O–H groups in total. The van der Waals surface area contributed by atoms with Crippen LogP contribution in [0.4, 0.5) is 0 Å². The predicted molar refractivity (Wildman–Crippen MR) is 1.37 cm³/mol. The van der Waals surface area contributed by atoms with Crippen molar-refractivity contribution in [1.82, 2.24) is 0 Å². The Morgan fingerprint density at radius 3 is 0.800 bits per heavy atom. The van der Waals surface area contributed by atoms with Gasteiger partial charge in [0.1, 0.15) is 0 Å². The van der Waals surface area contributed by atoms with Gasteiger partial charge in [-0.05, 0) is 0 Å². The van der Waals surface area contributed by atoms with Crippen LogP contribution in [-0.4, -0.2) is 0 Å². The standard InChI is InChI=1S/Ag.2O.2Zn. The van der Waals surface area contributed by atoms with Gasteiger partial charge in [-0.1, -0.05) is 0 Å². The van der Waals surface area contributed by atoms with Gasteiger partial charge in [0, 0.05) is 22.4 Å². The van der Waals surface area contributed by atoms with Crippen molar-refractivity contribution in [3.8, 4) is 0 Å². The Balaban J connectivity index is -0.0000000133. The molecule has 0 fully saturated rings. The number of hydrogen-bond donors (Lipinski definition) is 0. The molecule has 1 radical (unpaired) electrons. The molecule has 0 unspecified atom stereocenters. The van der Waals surface area contributed by atoms with E-state index in [-0.39, 0.29) is 58.9 Å². The molecule has 27 valence electrons. The molecule has 0 heterocycles. The zero-order valence-electron chi connectivity index (χ0n) is 2.53. The van der Waals surface area contributed by atoms with E-state index in [1.54, 1.807) is 0 Å². The Labute approximate surface area is 65.5 Å². The van der Waals surface area contributed by atoms with Crippen LogP contribution in [0.5, 0.6) is 0 Å². The Morgan fingerprint density at radius 2 is 0.800 bits per heavy atom. The molecule has 2 nitrogen and oxygen atoms in total. The second-order valence-electron chi connectivity index (χ2n) is 0. The minimum absolute atomic E-state index is 0. The molecule has 0 aliphatic rings. The average Bonchev–Trinajstić information content (AvgIpc) is 1.50. The van der Waals surface area contributed by atoms with Crippen molar-refractivity contribution in [1.29, 1.82) is 0 Å². The Bertz CT molecular complexity index is 9.61. The van der Waals surface area contributed by atoms with E-state index >= 15 is 0 Å². The number of rotatable bonds is 0. The van der Waals surface area contributed by atoms with Crippen LogP contribution in [-0.2, 0) is 66.0 Å². The first-order chi connectivity index (χ1) is 2.00. The zero-order valence-corrected chi connectivity index (χ0v) is 9.95. The van der Waals surface area contributed by atoms with Gasteiger partial charge in [-0.25, -0.2) is 0 Å². The predicted octanol–water partition coefficient (Wildman–Crippen LogP) is -0.245. The van der Waals surface area contributed by atoms with Gasteiger partial charge in [0.15, 0.2) is 0 Å². The molecule has 0 saturated carbocycles. The summed E-state index contributed by atoms with van der Waals surface area (Å²) in [5.74, 6) is 0. The third-order valence-electron chi connectivity index (χ3n) is 0. The summed E-state index contributed by atoms with van der Waals surface area (Å²) in [6, 6.07) is 0. The van der Waals surface area contributed by atoms with Crippen molar-refractivity contribution < 1.29 is 66.0 Å². The van der Waals surface area contributed by atoms with Gasteiger partial charge in [0.25, 0.3) is 0 Å². The summed E-state index contributed by atoms with van der Waals surface area (Å²) >= 11 is 0.250. The first-order valence-corrected chi connectivity index (χ1v) is 3.00. The Morgan fingerprint density at radius 1 is 0.800 bits per heavy atom. The van der Waals surface area contributed by atoms with Crippen molar-refractivity contribution in [2.45, 2.75) is 0 Å². The van der Waals surface area contributed by atoms with Crippen molar-refractivity contribution in [2.75, 3.05) is 0 Å². The molecule has 0 saturated heterocycles. The second kappa shape index (κ2) is 46.7. The van der Waals surface area contributed by atoms with Gasteiger partial charge >= 0.3 is 43.7 Å².